The Balaban J connectivity index is 2.54. The molecule has 0 unspecified atom stereocenters. The summed E-state index contributed by atoms with van der Waals surface area (Å²) in [6, 6.07) is 4.88. The zero-order chi connectivity index (χ0) is 11.1. The highest BCUT2D eigenvalue weighted by molar-refractivity contribution is 7.98. The molecule has 15 heavy (non-hydrogen) atoms. The molecule has 84 valence electrons. The van der Waals surface area contributed by atoms with Gasteiger partial charge in [-0.25, -0.2) is 4.39 Å². The number of hydrogen-bond donors (Lipinski definition) is 1. The number of ether oxygens (including phenoxy) is 1. The van der Waals surface area contributed by atoms with Crippen molar-refractivity contribution in [2.24, 2.45) is 0 Å². The van der Waals surface area contributed by atoms with Crippen LogP contribution in [0.4, 0.5) is 4.39 Å². The van der Waals surface area contributed by atoms with Crippen LogP contribution in [0.15, 0.2) is 23.1 Å². The normalized spacial score (nSPS) is 10.6. The summed E-state index contributed by atoms with van der Waals surface area (Å²) in [4.78, 5) is 1.11. The topological polar surface area (TPSA) is 21.3 Å². The molecule has 0 radical (unpaired) electrons. The monoisotopic (exact) mass is 229 g/mol. The van der Waals surface area contributed by atoms with Gasteiger partial charge in [0, 0.05) is 25.1 Å². The van der Waals surface area contributed by atoms with E-state index >= 15 is 0 Å². The Hall–Kier alpha value is -0.580. The summed E-state index contributed by atoms with van der Waals surface area (Å²) < 4.78 is 17.9. The molecule has 0 saturated heterocycles. The van der Waals surface area contributed by atoms with Crippen LogP contribution in [-0.4, -0.2) is 26.5 Å². The second kappa shape index (κ2) is 6.82. The van der Waals surface area contributed by atoms with E-state index in [4.69, 9.17) is 4.74 Å². The van der Waals surface area contributed by atoms with E-state index in [1.807, 2.05) is 12.3 Å². The molecule has 0 bridgehead atoms. The number of methoxy groups -OCH3 is 1. The second-order valence-corrected chi connectivity index (χ2v) is 3.97. The molecule has 0 aliphatic carbocycles. The molecule has 4 heteroatoms. The van der Waals surface area contributed by atoms with Crippen LogP contribution in [0.2, 0.25) is 0 Å². The first kappa shape index (κ1) is 12.5. The minimum atomic E-state index is -0.184. The summed E-state index contributed by atoms with van der Waals surface area (Å²) in [5, 5.41) is 3.20. The molecule has 0 spiro atoms. The summed E-state index contributed by atoms with van der Waals surface area (Å²) in [5.41, 5.74) is 0.999. The van der Waals surface area contributed by atoms with Crippen LogP contribution in [0.1, 0.15) is 5.56 Å². The predicted octanol–water partition coefficient (Wildman–Crippen LogP) is 2.28. The van der Waals surface area contributed by atoms with Crippen molar-refractivity contribution in [3.63, 3.8) is 0 Å². The third-order valence-corrected chi connectivity index (χ3v) is 2.88. The quantitative estimate of drug-likeness (QED) is 0.597. The van der Waals surface area contributed by atoms with E-state index < -0.39 is 0 Å². The van der Waals surface area contributed by atoms with Crippen molar-refractivity contribution in [2.45, 2.75) is 11.4 Å². The van der Waals surface area contributed by atoms with Crippen molar-refractivity contribution in [3.8, 4) is 0 Å². The van der Waals surface area contributed by atoms with Crippen molar-refractivity contribution in [2.75, 3.05) is 26.5 Å². The molecule has 0 aliphatic rings. The third kappa shape index (κ3) is 4.20. The van der Waals surface area contributed by atoms with Crippen LogP contribution in [0.5, 0.6) is 0 Å². The molecule has 1 N–H and O–H groups in total. The van der Waals surface area contributed by atoms with Gasteiger partial charge >= 0.3 is 0 Å². The highest BCUT2D eigenvalue weighted by atomic mass is 32.2. The number of rotatable bonds is 6. The molecular formula is C11H16FNOS. The number of benzene rings is 1. The Morgan fingerprint density at radius 1 is 1.47 bits per heavy atom. The van der Waals surface area contributed by atoms with Gasteiger partial charge in [-0.1, -0.05) is 0 Å². The van der Waals surface area contributed by atoms with Gasteiger partial charge in [-0.15, -0.1) is 11.8 Å². The molecular weight excluding hydrogens is 213 g/mol. The minimum absolute atomic E-state index is 0.184. The number of thioether (sulfide) groups is 1. The van der Waals surface area contributed by atoms with Gasteiger partial charge in [0.1, 0.15) is 5.82 Å². The van der Waals surface area contributed by atoms with Gasteiger partial charge < -0.3 is 10.1 Å². The van der Waals surface area contributed by atoms with Crippen LogP contribution >= 0.6 is 11.8 Å². The summed E-state index contributed by atoms with van der Waals surface area (Å²) in [6.45, 7) is 2.13. The van der Waals surface area contributed by atoms with Crippen molar-refractivity contribution in [1.29, 1.82) is 0 Å². The molecule has 0 fully saturated rings. The van der Waals surface area contributed by atoms with Crippen LogP contribution < -0.4 is 5.32 Å². The molecule has 1 aromatic rings. The Kier molecular flexibility index (Phi) is 5.68. The number of halogens is 1. The number of nitrogens with one attached hydrogen (secondary N) is 1. The molecule has 0 amide bonds. The van der Waals surface area contributed by atoms with E-state index in [0.717, 1.165) is 17.0 Å². The highest BCUT2D eigenvalue weighted by Gasteiger charge is 2.02. The average molecular weight is 229 g/mol. The maximum Gasteiger partial charge on any atom is 0.123 e. The minimum Gasteiger partial charge on any atom is -0.383 e. The molecule has 1 rings (SSSR count). The van der Waals surface area contributed by atoms with Crippen molar-refractivity contribution in [1.82, 2.24) is 5.32 Å². The first-order chi connectivity index (χ1) is 7.27. The van der Waals surface area contributed by atoms with Crippen molar-refractivity contribution >= 4 is 11.8 Å². The number of hydrogen-bond acceptors (Lipinski definition) is 3. The van der Waals surface area contributed by atoms with Gasteiger partial charge in [0.05, 0.1) is 6.61 Å². The van der Waals surface area contributed by atoms with Gasteiger partial charge in [0.2, 0.25) is 0 Å². The molecule has 0 aromatic heterocycles. The third-order valence-electron chi connectivity index (χ3n) is 2.04. The summed E-state index contributed by atoms with van der Waals surface area (Å²) >= 11 is 1.63. The first-order valence-corrected chi connectivity index (χ1v) is 6.02. The van der Waals surface area contributed by atoms with Crippen molar-refractivity contribution in [3.05, 3.63) is 29.6 Å². The average Bonchev–Trinajstić information content (AvgIpc) is 2.25. The Morgan fingerprint density at radius 3 is 2.93 bits per heavy atom. The fraction of sp³-hybridized carbons (Fsp3) is 0.455. The molecule has 0 heterocycles. The highest BCUT2D eigenvalue weighted by Crippen LogP contribution is 2.20. The van der Waals surface area contributed by atoms with Gasteiger partial charge in [-0.2, -0.15) is 0 Å². The standard InChI is InChI=1S/C11H16FNOS/c1-14-6-5-13-8-9-7-10(12)3-4-11(9)15-2/h3-4,7,13H,5-6,8H2,1-2H3. The zero-order valence-electron chi connectivity index (χ0n) is 9.05. The smallest absolute Gasteiger partial charge is 0.123 e. The summed E-state index contributed by atoms with van der Waals surface area (Å²) in [7, 11) is 1.66. The van der Waals surface area contributed by atoms with E-state index in [1.54, 1.807) is 24.9 Å². The maximum atomic E-state index is 13.0. The van der Waals surface area contributed by atoms with Crippen LogP contribution in [0, 0.1) is 5.82 Å². The SMILES string of the molecule is COCCNCc1cc(F)ccc1SC. The zero-order valence-corrected chi connectivity index (χ0v) is 9.86. The van der Waals surface area contributed by atoms with Gasteiger partial charge in [0.15, 0.2) is 0 Å². The lowest BCUT2D eigenvalue weighted by Crippen LogP contribution is -2.19. The largest absolute Gasteiger partial charge is 0.383 e. The van der Waals surface area contributed by atoms with Crippen LogP contribution in [0.25, 0.3) is 0 Å². The molecule has 0 aliphatic heterocycles. The molecule has 2 nitrogen and oxygen atoms in total. The fourth-order valence-electron chi connectivity index (χ4n) is 1.28. The van der Waals surface area contributed by atoms with Gasteiger partial charge in [-0.05, 0) is 30.0 Å². The Bertz CT molecular complexity index is 307. The van der Waals surface area contributed by atoms with E-state index in [1.165, 1.54) is 6.07 Å². The lowest BCUT2D eigenvalue weighted by atomic mass is 10.2. The van der Waals surface area contributed by atoms with Crippen LogP contribution in [0.3, 0.4) is 0 Å². The molecule has 0 atom stereocenters. The maximum absolute atomic E-state index is 13.0. The van der Waals surface area contributed by atoms with E-state index in [9.17, 15) is 4.39 Å². The Morgan fingerprint density at radius 2 is 2.27 bits per heavy atom. The second-order valence-electron chi connectivity index (χ2n) is 3.13. The van der Waals surface area contributed by atoms with E-state index in [0.29, 0.717) is 13.2 Å². The lowest BCUT2D eigenvalue weighted by Gasteiger charge is -2.08. The van der Waals surface area contributed by atoms with Crippen LogP contribution in [-0.2, 0) is 11.3 Å². The van der Waals surface area contributed by atoms with Crippen molar-refractivity contribution < 1.29 is 9.13 Å². The summed E-state index contributed by atoms with van der Waals surface area (Å²) in [5.74, 6) is -0.184. The first-order valence-electron chi connectivity index (χ1n) is 4.80. The Labute approximate surface area is 94.2 Å². The fourth-order valence-corrected chi connectivity index (χ4v) is 1.88. The van der Waals surface area contributed by atoms with E-state index in [-0.39, 0.29) is 5.82 Å². The summed E-state index contributed by atoms with van der Waals surface area (Å²) in [6.07, 6.45) is 1.99. The molecule has 0 saturated carbocycles. The van der Waals surface area contributed by atoms with E-state index in [2.05, 4.69) is 5.32 Å². The molecule has 1 aromatic carbocycles. The predicted molar refractivity (Wildman–Crippen MR) is 61.8 cm³/mol. The lowest BCUT2D eigenvalue weighted by molar-refractivity contribution is 0.199. The van der Waals surface area contributed by atoms with Gasteiger partial charge in [0.25, 0.3) is 0 Å². The van der Waals surface area contributed by atoms with Gasteiger partial charge in [-0.3, -0.25) is 0 Å².